The summed E-state index contributed by atoms with van der Waals surface area (Å²) in [5.41, 5.74) is -3.78. The fourth-order valence-corrected chi connectivity index (χ4v) is 2.32. The van der Waals surface area contributed by atoms with E-state index in [-0.39, 0.29) is 10.0 Å². The van der Waals surface area contributed by atoms with E-state index in [0.29, 0.717) is 12.1 Å². The maximum atomic E-state index is 13.0. The number of rotatable bonds is 1. The molecular weight excluding hydrogens is 353 g/mol. The second kappa shape index (κ2) is 5.66. The molecule has 0 saturated heterocycles. The molecule has 2 aromatic rings. The van der Waals surface area contributed by atoms with Crippen LogP contribution in [0.15, 0.2) is 36.4 Å². The van der Waals surface area contributed by atoms with Crippen molar-refractivity contribution in [1.82, 2.24) is 0 Å². The topological polar surface area (TPSA) is 0 Å². The van der Waals surface area contributed by atoms with Gasteiger partial charge in [-0.15, -0.1) is 0 Å². The van der Waals surface area contributed by atoms with Crippen LogP contribution in [0.5, 0.6) is 0 Å². The van der Waals surface area contributed by atoms with Gasteiger partial charge < -0.3 is 0 Å². The molecule has 0 bridgehead atoms. The van der Waals surface area contributed by atoms with Crippen LogP contribution in [0.1, 0.15) is 11.1 Å². The first kappa shape index (κ1) is 17.0. The van der Waals surface area contributed by atoms with Crippen LogP contribution in [0.4, 0.5) is 26.3 Å². The fourth-order valence-electron chi connectivity index (χ4n) is 1.97. The van der Waals surface area contributed by atoms with E-state index in [4.69, 9.17) is 23.2 Å². The van der Waals surface area contributed by atoms with Crippen molar-refractivity contribution in [2.45, 2.75) is 12.4 Å². The molecule has 0 radical (unpaired) electrons. The third-order valence-electron chi connectivity index (χ3n) is 2.86. The second-order valence-corrected chi connectivity index (χ2v) is 5.25. The van der Waals surface area contributed by atoms with E-state index in [0.717, 1.165) is 24.3 Å². The highest BCUT2D eigenvalue weighted by Gasteiger charge is 2.38. The minimum absolute atomic E-state index is 0.115. The predicted molar refractivity (Wildman–Crippen MR) is 71.9 cm³/mol. The summed E-state index contributed by atoms with van der Waals surface area (Å²) in [6.45, 7) is 0. The lowest BCUT2D eigenvalue weighted by Crippen LogP contribution is -2.11. The number of benzene rings is 2. The third-order valence-corrected chi connectivity index (χ3v) is 3.33. The van der Waals surface area contributed by atoms with Crippen LogP contribution >= 0.6 is 23.2 Å². The van der Waals surface area contributed by atoms with Gasteiger partial charge >= 0.3 is 12.4 Å². The lowest BCUT2D eigenvalue weighted by molar-refractivity contribution is -0.139. The summed E-state index contributed by atoms with van der Waals surface area (Å²) in [4.78, 5) is 0. The number of halogens is 8. The van der Waals surface area contributed by atoms with E-state index >= 15 is 0 Å². The Bertz CT molecular complexity index is 642. The van der Waals surface area contributed by atoms with Gasteiger partial charge in [-0.3, -0.25) is 0 Å². The highest BCUT2D eigenvalue weighted by atomic mass is 35.5. The van der Waals surface area contributed by atoms with Gasteiger partial charge in [-0.1, -0.05) is 23.2 Å². The van der Waals surface area contributed by atoms with Crippen molar-refractivity contribution < 1.29 is 26.3 Å². The molecule has 0 amide bonds. The van der Waals surface area contributed by atoms with E-state index in [1.807, 2.05) is 0 Å². The van der Waals surface area contributed by atoms with E-state index in [1.54, 1.807) is 0 Å². The minimum atomic E-state index is -4.83. The van der Waals surface area contributed by atoms with Crippen LogP contribution in [0.2, 0.25) is 10.0 Å². The Hall–Kier alpha value is -1.40. The van der Waals surface area contributed by atoms with Crippen LogP contribution < -0.4 is 0 Å². The Morgan fingerprint density at radius 1 is 0.591 bits per heavy atom. The maximum absolute atomic E-state index is 13.0. The standard InChI is InChI=1S/C14H6Cl2F6/c15-7-1-3-11(13(17,18)19)9(5-7)10-6-8(16)2-4-12(10)14(20,21)22/h1-6H. The molecule has 0 aliphatic heterocycles. The minimum Gasteiger partial charge on any atom is -0.166 e. The van der Waals surface area contributed by atoms with Gasteiger partial charge in [0, 0.05) is 10.0 Å². The summed E-state index contributed by atoms with van der Waals surface area (Å²) in [5, 5.41) is -0.229. The molecule has 0 spiro atoms. The molecule has 0 aliphatic carbocycles. The Balaban J connectivity index is 2.82. The van der Waals surface area contributed by atoms with Gasteiger partial charge in [-0.2, -0.15) is 26.3 Å². The molecule has 0 N–H and O–H groups in total. The summed E-state index contributed by atoms with van der Waals surface area (Å²) >= 11 is 11.3. The van der Waals surface area contributed by atoms with Crippen LogP contribution in [0.25, 0.3) is 11.1 Å². The molecular formula is C14H6Cl2F6. The maximum Gasteiger partial charge on any atom is 0.417 e. The van der Waals surface area contributed by atoms with Gasteiger partial charge in [0.15, 0.2) is 0 Å². The van der Waals surface area contributed by atoms with Gasteiger partial charge in [0.1, 0.15) is 0 Å². The van der Waals surface area contributed by atoms with Crippen molar-refractivity contribution in [3.8, 4) is 11.1 Å². The smallest absolute Gasteiger partial charge is 0.166 e. The number of alkyl halides is 6. The predicted octanol–water partition coefficient (Wildman–Crippen LogP) is 6.70. The van der Waals surface area contributed by atoms with Crippen LogP contribution in [-0.2, 0) is 12.4 Å². The normalized spacial score (nSPS) is 12.5. The zero-order chi connectivity index (χ0) is 16.7. The summed E-state index contributed by atoms with van der Waals surface area (Å²) in [6.07, 6.45) is -9.66. The average Bonchev–Trinajstić information content (AvgIpc) is 2.35. The molecule has 2 rings (SSSR count). The summed E-state index contributed by atoms with van der Waals surface area (Å²) in [5.74, 6) is 0. The van der Waals surface area contributed by atoms with Crippen molar-refractivity contribution >= 4 is 23.2 Å². The Kier molecular flexibility index (Phi) is 4.37. The lowest BCUT2D eigenvalue weighted by Gasteiger charge is -2.18. The van der Waals surface area contributed by atoms with Gasteiger partial charge in [0.2, 0.25) is 0 Å². The van der Waals surface area contributed by atoms with Crippen molar-refractivity contribution in [2.24, 2.45) is 0 Å². The molecule has 2 aromatic carbocycles. The van der Waals surface area contributed by atoms with Crippen molar-refractivity contribution in [3.05, 3.63) is 57.6 Å². The summed E-state index contributed by atoms with van der Waals surface area (Å²) in [7, 11) is 0. The molecule has 0 atom stereocenters. The molecule has 22 heavy (non-hydrogen) atoms. The molecule has 8 heteroatoms. The molecule has 0 unspecified atom stereocenters. The zero-order valence-electron chi connectivity index (χ0n) is 10.5. The molecule has 118 valence electrons. The van der Waals surface area contributed by atoms with Gasteiger partial charge in [-0.05, 0) is 47.5 Å². The lowest BCUT2D eigenvalue weighted by atomic mass is 9.94. The monoisotopic (exact) mass is 358 g/mol. The first-order valence-electron chi connectivity index (χ1n) is 5.74. The van der Waals surface area contributed by atoms with E-state index in [2.05, 4.69) is 0 Å². The van der Waals surface area contributed by atoms with E-state index in [1.165, 1.54) is 0 Å². The van der Waals surface area contributed by atoms with Crippen molar-refractivity contribution in [2.75, 3.05) is 0 Å². The highest BCUT2D eigenvalue weighted by Crippen LogP contribution is 2.44. The van der Waals surface area contributed by atoms with E-state index in [9.17, 15) is 26.3 Å². The summed E-state index contributed by atoms with van der Waals surface area (Å²) < 4.78 is 78.2. The molecule has 0 heterocycles. The Labute approximate surface area is 131 Å². The first-order chi connectivity index (χ1) is 10.00. The molecule has 0 nitrogen and oxygen atoms in total. The van der Waals surface area contributed by atoms with Crippen molar-refractivity contribution in [3.63, 3.8) is 0 Å². The quantitative estimate of drug-likeness (QED) is 0.497. The van der Waals surface area contributed by atoms with Gasteiger partial charge in [-0.25, -0.2) is 0 Å². The van der Waals surface area contributed by atoms with Crippen LogP contribution in [-0.4, -0.2) is 0 Å². The van der Waals surface area contributed by atoms with Crippen LogP contribution in [0, 0.1) is 0 Å². The third kappa shape index (κ3) is 3.50. The molecule has 0 fully saturated rings. The first-order valence-corrected chi connectivity index (χ1v) is 6.49. The van der Waals surface area contributed by atoms with Crippen LogP contribution in [0.3, 0.4) is 0 Å². The molecule has 0 saturated carbocycles. The molecule has 0 aliphatic rings. The highest BCUT2D eigenvalue weighted by molar-refractivity contribution is 6.31. The second-order valence-electron chi connectivity index (χ2n) is 4.38. The van der Waals surface area contributed by atoms with Gasteiger partial charge in [0.25, 0.3) is 0 Å². The SMILES string of the molecule is FC(F)(F)c1ccc(Cl)cc1-c1cc(Cl)ccc1C(F)(F)F. The number of hydrogen-bond donors (Lipinski definition) is 0. The van der Waals surface area contributed by atoms with Crippen molar-refractivity contribution in [1.29, 1.82) is 0 Å². The molecule has 0 aromatic heterocycles. The number of hydrogen-bond acceptors (Lipinski definition) is 0. The largest absolute Gasteiger partial charge is 0.417 e. The fraction of sp³-hybridized carbons (Fsp3) is 0.143. The average molecular weight is 359 g/mol. The van der Waals surface area contributed by atoms with E-state index < -0.39 is 34.6 Å². The summed E-state index contributed by atoms with van der Waals surface area (Å²) in [6, 6.07) is 4.88. The Morgan fingerprint density at radius 3 is 1.18 bits per heavy atom. The van der Waals surface area contributed by atoms with Gasteiger partial charge in [0.05, 0.1) is 11.1 Å². The zero-order valence-corrected chi connectivity index (χ0v) is 12.0. The Morgan fingerprint density at radius 2 is 0.909 bits per heavy atom.